The molecule has 3 N–H and O–H groups in total. The third kappa shape index (κ3) is 7.57. The molecule has 0 aliphatic rings. The van der Waals surface area contributed by atoms with E-state index in [0.29, 0.717) is 0 Å². The summed E-state index contributed by atoms with van der Waals surface area (Å²) in [6.45, 7) is 3.77. The minimum Gasteiger partial charge on any atom is -0.480 e. The second kappa shape index (κ2) is 8.36. The van der Waals surface area contributed by atoms with E-state index in [4.69, 9.17) is 9.84 Å². The van der Waals surface area contributed by atoms with E-state index in [9.17, 15) is 14.4 Å². The third-order valence-electron chi connectivity index (χ3n) is 2.70. The fraction of sp³-hybridized carbons (Fsp3) is 0.750. The summed E-state index contributed by atoms with van der Waals surface area (Å²) in [5, 5.41) is 13.7. The molecule has 1 atom stereocenters. The topological polar surface area (TPSA) is 114 Å². The first-order chi connectivity index (χ1) is 9.21. The van der Waals surface area contributed by atoms with Gasteiger partial charge in [-0.1, -0.05) is 0 Å². The van der Waals surface area contributed by atoms with Crippen molar-refractivity contribution in [1.29, 1.82) is 0 Å². The predicted molar refractivity (Wildman–Crippen MR) is 70.3 cm³/mol. The molecule has 20 heavy (non-hydrogen) atoms. The number of carbonyl (C=O) groups excluding carboxylic acids is 2. The number of nitrogens with one attached hydrogen (secondary N) is 2. The Kier molecular flexibility index (Phi) is 7.60. The van der Waals surface area contributed by atoms with Gasteiger partial charge in [0.05, 0.1) is 12.7 Å². The molecule has 0 aromatic heterocycles. The molecule has 8 heteroatoms. The Bertz CT molecular complexity index is 356. The normalized spacial score (nSPS) is 12.4. The molecular weight excluding hydrogens is 268 g/mol. The molecule has 0 aliphatic heterocycles. The van der Waals surface area contributed by atoms with Gasteiger partial charge in [0.25, 0.3) is 0 Å². The molecule has 0 rings (SSSR count). The van der Waals surface area contributed by atoms with E-state index in [1.807, 2.05) is 0 Å². The number of rotatable bonds is 8. The summed E-state index contributed by atoms with van der Waals surface area (Å²) >= 11 is 0. The number of hydrogen-bond acceptors (Lipinski definition) is 5. The summed E-state index contributed by atoms with van der Waals surface area (Å²) in [4.78, 5) is 33.5. The van der Waals surface area contributed by atoms with Gasteiger partial charge in [-0.25, -0.2) is 9.59 Å². The zero-order valence-corrected chi connectivity index (χ0v) is 12.2. The van der Waals surface area contributed by atoms with Crippen LogP contribution in [-0.2, 0) is 19.1 Å². The van der Waals surface area contributed by atoms with Gasteiger partial charge in [0, 0.05) is 20.1 Å². The Morgan fingerprint density at radius 3 is 2.30 bits per heavy atom. The molecule has 0 saturated carbocycles. The fourth-order valence-electron chi connectivity index (χ4n) is 1.20. The summed E-state index contributed by atoms with van der Waals surface area (Å²) in [5.41, 5.74) is -0.553. The lowest BCUT2D eigenvalue weighted by molar-refractivity contribution is -0.142. The standard InChI is InChI=1S/C12H22N2O6/c1-12(2,20-4)7-13-11(18)14-8(10(16)17)5-6-9(15)19-3/h8H,5-7H2,1-4H3,(H,16,17)(H2,13,14,18)/t8-/m0/s1. The van der Waals surface area contributed by atoms with Gasteiger partial charge in [0.15, 0.2) is 0 Å². The molecule has 0 aromatic carbocycles. The second-order valence-electron chi connectivity index (χ2n) is 4.80. The highest BCUT2D eigenvalue weighted by Crippen LogP contribution is 2.04. The maximum Gasteiger partial charge on any atom is 0.326 e. The lowest BCUT2D eigenvalue weighted by atomic mass is 10.1. The first kappa shape index (κ1) is 18.2. The molecule has 2 amide bonds. The fourth-order valence-corrected chi connectivity index (χ4v) is 1.20. The van der Waals surface area contributed by atoms with Crippen molar-refractivity contribution in [1.82, 2.24) is 10.6 Å². The van der Waals surface area contributed by atoms with E-state index in [1.54, 1.807) is 13.8 Å². The maximum absolute atomic E-state index is 11.6. The number of urea groups is 1. The van der Waals surface area contributed by atoms with Crippen molar-refractivity contribution in [3.63, 3.8) is 0 Å². The third-order valence-corrected chi connectivity index (χ3v) is 2.70. The monoisotopic (exact) mass is 290 g/mol. The summed E-state index contributed by atoms with van der Waals surface area (Å²) in [5.74, 6) is -1.74. The molecule has 0 radical (unpaired) electrons. The van der Waals surface area contributed by atoms with Crippen LogP contribution in [0.4, 0.5) is 4.79 Å². The van der Waals surface area contributed by atoms with Crippen LogP contribution in [0.5, 0.6) is 0 Å². The average molecular weight is 290 g/mol. The zero-order chi connectivity index (χ0) is 15.8. The van der Waals surface area contributed by atoms with Crippen LogP contribution in [0.1, 0.15) is 26.7 Å². The van der Waals surface area contributed by atoms with Crippen molar-refractivity contribution < 1.29 is 29.0 Å². The number of aliphatic carboxylic acids is 1. The lowest BCUT2D eigenvalue weighted by Gasteiger charge is -2.23. The molecule has 0 unspecified atom stereocenters. The van der Waals surface area contributed by atoms with Gasteiger partial charge < -0.3 is 25.2 Å². The summed E-state index contributed by atoms with van der Waals surface area (Å²) in [6.07, 6.45) is -0.125. The van der Waals surface area contributed by atoms with E-state index < -0.39 is 29.6 Å². The number of ether oxygens (including phenoxy) is 2. The second-order valence-corrected chi connectivity index (χ2v) is 4.80. The van der Waals surface area contributed by atoms with Gasteiger partial charge in [0.1, 0.15) is 6.04 Å². The van der Waals surface area contributed by atoms with E-state index in [1.165, 1.54) is 14.2 Å². The van der Waals surface area contributed by atoms with Gasteiger partial charge in [-0.15, -0.1) is 0 Å². The smallest absolute Gasteiger partial charge is 0.326 e. The maximum atomic E-state index is 11.6. The highest BCUT2D eigenvalue weighted by Gasteiger charge is 2.23. The Labute approximate surface area is 117 Å². The average Bonchev–Trinajstić information content (AvgIpc) is 2.40. The number of carboxylic acid groups (broad SMARTS) is 1. The van der Waals surface area contributed by atoms with E-state index >= 15 is 0 Å². The Morgan fingerprint density at radius 1 is 1.25 bits per heavy atom. The summed E-state index contributed by atoms with van der Waals surface area (Å²) in [6, 6.07) is -1.79. The zero-order valence-electron chi connectivity index (χ0n) is 12.2. The van der Waals surface area contributed by atoms with Gasteiger partial charge in [-0.3, -0.25) is 4.79 Å². The Hall–Kier alpha value is -1.83. The first-order valence-electron chi connectivity index (χ1n) is 6.11. The molecule has 0 aliphatic carbocycles. The van der Waals surface area contributed by atoms with Crippen LogP contribution in [0.2, 0.25) is 0 Å². The van der Waals surface area contributed by atoms with Crippen molar-refractivity contribution in [2.24, 2.45) is 0 Å². The van der Waals surface area contributed by atoms with Crippen molar-refractivity contribution in [2.75, 3.05) is 20.8 Å². The number of amides is 2. The number of carboxylic acids is 1. The molecular formula is C12H22N2O6. The first-order valence-corrected chi connectivity index (χ1v) is 6.11. The number of hydrogen-bond donors (Lipinski definition) is 3. The molecule has 0 fully saturated rings. The van der Waals surface area contributed by atoms with Gasteiger partial charge >= 0.3 is 18.0 Å². The van der Waals surface area contributed by atoms with Crippen LogP contribution in [0, 0.1) is 0 Å². The molecule has 116 valence electrons. The minimum absolute atomic E-state index is 0.0386. The van der Waals surface area contributed by atoms with Gasteiger partial charge in [0.2, 0.25) is 0 Å². The Balaban J connectivity index is 4.28. The van der Waals surface area contributed by atoms with Crippen LogP contribution >= 0.6 is 0 Å². The van der Waals surface area contributed by atoms with Crippen molar-refractivity contribution in [2.45, 2.75) is 38.3 Å². The molecule has 0 saturated heterocycles. The minimum atomic E-state index is -1.21. The quantitative estimate of drug-likeness (QED) is 0.547. The highest BCUT2D eigenvalue weighted by molar-refractivity contribution is 5.83. The number of carbonyl (C=O) groups is 3. The van der Waals surface area contributed by atoms with Crippen LogP contribution in [0.3, 0.4) is 0 Å². The van der Waals surface area contributed by atoms with Crippen LogP contribution in [-0.4, -0.2) is 55.5 Å². The molecule has 0 heterocycles. The lowest BCUT2D eigenvalue weighted by Crippen LogP contribution is -2.49. The van der Waals surface area contributed by atoms with Crippen LogP contribution in [0.25, 0.3) is 0 Å². The van der Waals surface area contributed by atoms with Gasteiger partial charge in [-0.2, -0.15) is 0 Å². The predicted octanol–water partition coefficient (Wildman–Crippen LogP) is 0.117. The number of methoxy groups -OCH3 is 2. The number of esters is 1. The van der Waals surface area contributed by atoms with Gasteiger partial charge in [-0.05, 0) is 20.3 Å². The van der Waals surface area contributed by atoms with E-state index in [0.717, 1.165) is 0 Å². The molecule has 8 nitrogen and oxygen atoms in total. The molecule has 0 bridgehead atoms. The SMILES string of the molecule is COC(=O)CC[C@H](NC(=O)NCC(C)(C)OC)C(=O)O. The van der Waals surface area contributed by atoms with Crippen molar-refractivity contribution in [3.05, 3.63) is 0 Å². The summed E-state index contributed by atoms with van der Waals surface area (Å²) < 4.78 is 9.53. The Morgan fingerprint density at radius 2 is 1.85 bits per heavy atom. The van der Waals surface area contributed by atoms with E-state index in [2.05, 4.69) is 15.4 Å². The van der Waals surface area contributed by atoms with Crippen molar-refractivity contribution >= 4 is 18.0 Å². The highest BCUT2D eigenvalue weighted by atomic mass is 16.5. The van der Waals surface area contributed by atoms with E-state index in [-0.39, 0.29) is 19.4 Å². The molecule has 0 aromatic rings. The van der Waals surface area contributed by atoms with Crippen LogP contribution < -0.4 is 10.6 Å². The summed E-state index contributed by atoms with van der Waals surface area (Å²) in [7, 11) is 2.72. The van der Waals surface area contributed by atoms with Crippen molar-refractivity contribution in [3.8, 4) is 0 Å². The largest absolute Gasteiger partial charge is 0.480 e. The van der Waals surface area contributed by atoms with Crippen LogP contribution in [0.15, 0.2) is 0 Å². The molecule has 0 spiro atoms.